The van der Waals surface area contributed by atoms with Crippen molar-refractivity contribution in [1.29, 1.82) is 0 Å². The van der Waals surface area contributed by atoms with Gasteiger partial charge in [0.2, 0.25) is 11.8 Å². The second kappa shape index (κ2) is 7.01. The van der Waals surface area contributed by atoms with Gasteiger partial charge < -0.3 is 9.80 Å². The molecule has 0 aliphatic carbocycles. The molecule has 5 nitrogen and oxygen atoms in total. The Morgan fingerprint density at radius 1 is 1.12 bits per heavy atom. The van der Waals surface area contributed by atoms with E-state index in [1.54, 1.807) is 29.0 Å². The van der Waals surface area contributed by atoms with E-state index in [0.717, 1.165) is 11.3 Å². The Morgan fingerprint density at radius 3 is 2.58 bits per heavy atom. The molecule has 2 aromatic rings. The fraction of sp³-hybridized carbons (Fsp3) is 0.278. The highest BCUT2D eigenvalue weighted by molar-refractivity contribution is 6.31. The number of hydrogen-bond acceptors (Lipinski definition) is 3. The van der Waals surface area contributed by atoms with Crippen molar-refractivity contribution in [2.24, 2.45) is 0 Å². The Bertz CT molecular complexity index is 751. The van der Waals surface area contributed by atoms with Gasteiger partial charge in [-0.3, -0.25) is 14.6 Å². The monoisotopic (exact) mass is 343 g/mol. The van der Waals surface area contributed by atoms with E-state index in [-0.39, 0.29) is 18.4 Å². The maximum absolute atomic E-state index is 12.7. The summed E-state index contributed by atoms with van der Waals surface area (Å²) in [6.45, 7) is 2.49. The molecular formula is C18H18ClN3O2. The molecule has 3 rings (SSSR count). The van der Waals surface area contributed by atoms with Crippen molar-refractivity contribution in [3.63, 3.8) is 0 Å². The first kappa shape index (κ1) is 16.5. The van der Waals surface area contributed by atoms with Gasteiger partial charge in [-0.2, -0.15) is 0 Å². The molecule has 1 fully saturated rings. The first-order valence-corrected chi connectivity index (χ1v) is 8.15. The third kappa shape index (κ3) is 3.41. The molecule has 0 saturated carbocycles. The SMILES string of the molecule is C[C@H]1C(=O)N(Cc2ccccc2Cl)CC(=O)N1Cc1ccccn1. The molecule has 1 aromatic carbocycles. The molecule has 1 aliphatic heterocycles. The van der Waals surface area contributed by atoms with E-state index in [4.69, 9.17) is 11.6 Å². The molecule has 6 heteroatoms. The number of nitrogens with zero attached hydrogens (tertiary/aromatic N) is 3. The maximum atomic E-state index is 12.7. The number of pyridine rings is 1. The van der Waals surface area contributed by atoms with E-state index in [0.29, 0.717) is 18.1 Å². The first-order valence-electron chi connectivity index (χ1n) is 7.78. The maximum Gasteiger partial charge on any atom is 0.245 e. The van der Waals surface area contributed by atoms with Gasteiger partial charge >= 0.3 is 0 Å². The van der Waals surface area contributed by atoms with Crippen LogP contribution < -0.4 is 0 Å². The van der Waals surface area contributed by atoms with Crippen LogP contribution in [0.2, 0.25) is 5.02 Å². The van der Waals surface area contributed by atoms with Gasteiger partial charge in [0.1, 0.15) is 12.6 Å². The summed E-state index contributed by atoms with van der Waals surface area (Å²) >= 11 is 6.16. The normalized spacial score (nSPS) is 18.2. The van der Waals surface area contributed by atoms with Crippen LogP contribution in [0.3, 0.4) is 0 Å². The lowest BCUT2D eigenvalue weighted by atomic mass is 10.1. The van der Waals surface area contributed by atoms with Crippen LogP contribution in [0.4, 0.5) is 0 Å². The average molecular weight is 344 g/mol. The molecule has 1 atom stereocenters. The average Bonchev–Trinajstić information content (AvgIpc) is 2.59. The number of hydrogen-bond donors (Lipinski definition) is 0. The Balaban J connectivity index is 1.73. The molecule has 24 heavy (non-hydrogen) atoms. The van der Waals surface area contributed by atoms with Crippen LogP contribution >= 0.6 is 11.6 Å². The number of aromatic nitrogens is 1. The molecule has 2 amide bonds. The molecule has 2 heterocycles. The summed E-state index contributed by atoms with van der Waals surface area (Å²) in [7, 11) is 0. The van der Waals surface area contributed by atoms with Crippen LogP contribution in [0.1, 0.15) is 18.2 Å². The molecule has 0 N–H and O–H groups in total. The summed E-state index contributed by atoms with van der Waals surface area (Å²) in [5, 5.41) is 0.598. The quantitative estimate of drug-likeness (QED) is 0.857. The largest absolute Gasteiger partial charge is 0.327 e. The number of carbonyl (C=O) groups excluding carboxylic acids is 2. The van der Waals surface area contributed by atoms with Gasteiger partial charge in [-0.05, 0) is 30.7 Å². The van der Waals surface area contributed by atoms with Crippen LogP contribution in [-0.4, -0.2) is 39.2 Å². The van der Waals surface area contributed by atoms with Gasteiger partial charge in [0.15, 0.2) is 0 Å². The standard InChI is InChI=1S/C18H18ClN3O2/c1-13-18(24)21(10-14-6-2-3-8-16(14)19)12-17(23)22(13)11-15-7-4-5-9-20-15/h2-9,13H,10-12H2,1H3/t13-/m0/s1. The molecule has 0 spiro atoms. The minimum absolute atomic E-state index is 0.0568. The zero-order valence-corrected chi connectivity index (χ0v) is 14.1. The number of piperazine rings is 1. The summed E-state index contributed by atoms with van der Waals surface area (Å²) in [6.07, 6.45) is 1.68. The summed E-state index contributed by atoms with van der Waals surface area (Å²) in [5.41, 5.74) is 1.61. The van der Waals surface area contributed by atoms with Crippen molar-refractivity contribution in [3.05, 3.63) is 64.9 Å². The summed E-state index contributed by atoms with van der Waals surface area (Å²) < 4.78 is 0. The minimum atomic E-state index is -0.518. The van der Waals surface area contributed by atoms with Crippen LogP contribution in [0.15, 0.2) is 48.7 Å². The number of benzene rings is 1. The second-order valence-electron chi connectivity index (χ2n) is 5.80. The molecule has 0 unspecified atom stereocenters. The third-order valence-electron chi connectivity index (χ3n) is 4.16. The smallest absolute Gasteiger partial charge is 0.245 e. The molecule has 1 aromatic heterocycles. The number of halogens is 1. The zero-order chi connectivity index (χ0) is 17.1. The zero-order valence-electron chi connectivity index (χ0n) is 13.4. The predicted octanol–water partition coefficient (Wildman–Crippen LogP) is 2.49. The van der Waals surface area contributed by atoms with E-state index in [1.165, 1.54) is 0 Å². The molecule has 0 bridgehead atoms. The van der Waals surface area contributed by atoms with E-state index in [9.17, 15) is 9.59 Å². The molecule has 124 valence electrons. The van der Waals surface area contributed by atoms with E-state index in [1.807, 2.05) is 36.4 Å². The first-order chi connectivity index (χ1) is 11.6. The van der Waals surface area contributed by atoms with Crippen molar-refractivity contribution in [1.82, 2.24) is 14.8 Å². The fourth-order valence-electron chi connectivity index (χ4n) is 2.80. The van der Waals surface area contributed by atoms with Crippen molar-refractivity contribution in [3.8, 4) is 0 Å². The van der Waals surface area contributed by atoms with Crippen LogP contribution in [-0.2, 0) is 22.7 Å². The van der Waals surface area contributed by atoms with E-state index in [2.05, 4.69) is 4.98 Å². The van der Waals surface area contributed by atoms with Crippen LogP contribution in [0, 0.1) is 0 Å². The lowest BCUT2D eigenvalue weighted by Crippen LogP contribution is -2.58. The van der Waals surface area contributed by atoms with E-state index < -0.39 is 6.04 Å². The number of carbonyl (C=O) groups is 2. The van der Waals surface area contributed by atoms with Gasteiger partial charge in [-0.1, -0.05) is 35.9 Å². The summed E-state index contributed by atoms with van der Waals surface area (Å²) in [5.74, 6) is -0.162. The fourth-order valence-corrected chi connectivity index (χ4v) is 3.00. The van der Waals surface area contributed by atoms with Gasteiger partial charge in [0.25, 0.3) is 0 Å². The topological polar surface area (TPSA) is 53.5 Å². The predicted molar refractivity (Wildman–Crippen MR) is 91.1 cm³/mol. The summed E-state index contributed by atoms with van der Waals surface area (Å²) in [4.78, 5) is 32.5. The number of amides is 2. The van der Waals surface area contributed by atoms with Gasteiger partial charge in [0.05, 0.1) is 12.2 Å². The van der Waals surface area contributed by atoms with Gasteiger partial charge in [-0.25, -0.2) is 0 Å². The highest BCUT2D eigenvalue weighted by atomic mass is 35.5. The Morgan fingerprint density at radius 2 is 1.88 bits per heavy atom. The van der Waals surface area contributed by atoms with Crippen LogP contribution in [0.5, 0.6) is 0 Å². The Labute approximate surface area is 145 Å². The van der Waals surface area contributed by atoms with E-state index >= 15 is 0 Å². The lowest BCUT2D eigenvalue weighted by molar-refractivity contribution is -0.156. The summed E-state index contributed by atoms with van der Waals surface area (Å²) in [6, 6.07) is 12.4. The Hall–Kier alpha value is -2.40. The lowest BCUT2D eigenvalue weighted by Gasteiger charge is -2.38. The van der Waals surface area contributed by atoms with Crippen molar-refractivity contribution >= 4 is 23.4 Å². The minimum Gasteiger partial charge on any atom is -0.327 e. The van der Waals surface area contributed by atoms with Gasteiger partial charge in [0, 0.05) is 17.8 Å². The van der Waals surface area contributed by atoms with Crippen molar-refractivity contribution < 1.29 is 9.59 Å². The molecule has 1 aliphatic rings. The third-order valence-corrected chi connectivity index (χ3v) is 4.53. The second-order valence-corrected chi connectivity index (χ2v) is 6.21. The molecule has 1 saturated heterocycles. The van der Waals surface area contributed by atoms with Crippen LogP contribution in [0.25, 0.3) is 0 Å². The highest BCUT2D eigenvalue weighted by Crippen LogP contribution is 2.21. The van der Waals surface area contributed by atoms with Crippen molar-refractivity contribution in [2.75, 3.05) is 6.54 Å². The highest BCUT2D eigenvalue weighted by Gasteiger charge is 2.36. The Kier molecular flexibility index (Phi) is 4.81. The molecule has 0 radical (unpaired) electrons. The van der Waals surface area contributed by atoms with Gasteiger partial charge in [-0.15, -0.1) is 0 Å². The van der Waals surface area contributed by atoms with Crippen molar-refractivity contribution in [2.45, 2.75) is 26.1 Å². The number of rotatable bonds is 4. The molecular weight excluding hydrogens is 326 g/mol.